The SMILES string of the molecule is C=CC(C#N)(C=C)C=C. The standard InChI is InChI=1S/C8H9N/c1-4-8(5-2,6-3)7-9/h4-6H,1-3H2. The van der Waals surface area contributed by atoms with Crippen molar-refractivity contribution < 1.29 is 0 Å². The molecule has 0 saturated carbocycles. The minimum atomic E-state index is -0.736. The van der Waals surface area contributed by atoms with Crippen molar-refractivity contribution in [1.82, 2.24) is 0 Å². The average Bonchev–Trinajstić information content (AvgIpc) is 1.95. The van der Waals surface area contributed by atoms with Crippen LogP contribution in [0.1, 0.15) is 0 Å². The van der Waals surface area contributed by atoms with Gasteiger partial charge in [-0.2, -0.15) is 5.26 Å². The molecule has 46 valence electrons. The first-order valence-electron chi connectivity index (χ1n) is 2.56. The Hall–Kier alpha value is -1.29. The van der Waals surface area contributed by atoms with E-state index >= 15 is 0 Å². The monoisotopic (exact) mass is 119 g/mol. The molecule has 0 fully saturated rings. The maximum absolute atomic E-state index is 8.51. The summed E-state index contributed by atoms with van der Waals surface area (Å²) in [5, 5.41) is 8.51. The Morgan fingerprint density at radius 1 is 1.11 bits per heavy atom. The molecule has 0 aliphatic rings. The molecule has 1 heteroatoms. The van der Waals surface area contributed by atoms with Crippen LogP contribution in [0.25, 0.3) is 0 Å². The third kappa shape index (κ3) is 1.30. The molecule has 0 aromatic heterocycles. The van der Waals surface area contributed by atoms with Gasteiger partial charge in [0.2, 0.25) is 0 Å². The van der Waals surface area contributed by atoms with Crippen LogP contribution in [0.3, 0.4) is 0 Å². The van der Waals surface area contributed by atoms with Crippen LogP contribution in [0, 0.1) is 16.7 Å². The van der Waals surface area contributed by atoms with Crippen LogP contribution in [-0.4, -0.2) is 0 Å². The van der Waals surface area contributed by atoms with Crippen molar-refractivity contribution in [2.75, 3.05) is 0 Å². The Balaban J connectivity index is 4.61. The molecule has 1 nitrogen and oxygen atoms in total. The molecular weight excluding hydrogens is 110 g/mol. The van der Waals surface area contributed by atoms with Crippen molar-refractivity contribution >= 4 is 0 Å². The first-order chi connectivity index (χ1) is 4.24. The van der Waals surface area contributed by atoms with Crippen molar-refractivity contribution in [1.29, 1.82) is 5.26 Å². The summed E-state index contributed by atoms with van der Waals surface area (Å²) in [6.45, 7) is 10.4. The highest BCUT2D eigenvalue weighted by Crippen LogP contribution is 2.18. The summed E-state index contributed by atoms with van der Waals surface area (Å²) in [6, 6.07) is 2.01. The van der Waals surface area contributed by atoms with Gasteiger partial charge in [0.15, 0.2) is 0 Å². The summed E-state index contributed by atoms with van der Waals surface area (Å²) < 4.78 is 0. The van der Waals surface area contributed by atoms with Gasteiger partial charge in [0.1, 0.15) is 5.41 Å². The van der Waals surface area contributed by atoms with Crippen LogP contribution in [0.2, 0.25) is 0 Å². The van der Waals surface area contributed by atoms with Crippen LogP contribution in [0.15, 0.2) is 38.0 Å². The quantitative estimate of drug-likeness (QED) is 0.521. The molecule has 0 aromatic rings. The molecule has 0 rings (SSSR count). The fourth-order valence-electron chi connectivity index (χ4n) is 0.387. The van der Waals surface area contributed by atoms with Gasteiger partial charge in [-0.1, -0.05) is 18.2 Å². The third-order valence-electron chi connectivity index (χ3n) is 1.21. The predicted octanol–water partition coefficient (Wildman–Crippen LogP) is 2.05. The van der Waals surface area contributed by atoms with E-state index in [0.717, 1.165) is 0 Å². The van der Waals surface area contributed by atoms with E-state index in [9.17, 15) is 0 Å². The van der Waals surface area contributed by atoms with Crippen molar-refractivity contribution in [3.8, 4) is 6.07 Å². The maximum Gasteiger partial charge on any atom is 0.111 e. The van der Waals surface area contributed by atoms with E-state index in [-0.39, 0.29) is 0 Å². The largest absolute Gasteiger partial charge is 0.197 e. The normalized spacial score (nSPS) is 9.22. The van der Waals surface area contributed by atoms with Crippen molar-refractivity contribution in [2.45, 2.75) is 0 Å². The first kappa shape index (κ1) is 7.71. The second kappa shape index (κ2) is 2.88. The van der Waals surface area contributed by atoms with Crippen LogP contribution < -0.4 is 0 Å². The molecule has 0 aromatic carbocycles. The lowest BCUT2D eigenvalue weighted by molar-refractivity contribution is 0.848. The maximum atomic E-state index is 8.51. The first-order valence-corrected chi connectivity index (χ1v) is 2.56. The van der Waals surface area contributed by atoms with E-state index in [1.807, 2.05) is 6.07 Å². The predicted molar refractivity (Wildman–Crippen MR) is 38.6 cm³/mol. The molecule has 0 unspecified atom stereocenters. The Kier molecular flexibility index (Phi) is 2.47. The van der Waals surface area contributed by atoms with Gasteiger partial charge in [0.25, 0.3) is 0 Å². The van der Waals surface area contributed by atoms with Gasteiger partial charge in [-0.05, 0) is 0 Å². The minimum absolute atomic E-state index is 0.736. The molecule has 0 spiro atoms. The van der Waals surface area contributed by atoms with Crippen LogP contribution >= 0.6 is 0 Å². The summed E-state index contributed by atoms with van der Waals surface area (Å²) >= 11 is 0. The number of nitrogens with zero attached hydrogens (tertiary/aromatic N) is 1. The summed E-state index contributed by atoms with van der Waals surface area (Å²) in [4.78, 5) is 0. The molecule has 0 saturated heterocycles. The van der Waals surface area contributed by atoms with Gasteiger partial charge in [0, 0.05) is 0 Å². The zero-order valence-corrected chi connectivity index (χ0v) is 5.30. The zero-order valence-electron chi connectivity index (χ0n) is 5.30. The summed E-state index contributed by atoms with van der Waals surface area (Å²) in [5.41, 5.74) is -0.736. The number of rotatable bonds is 3. The highest BCUT2D eigenvalue weighted by Gasteiger charge is 2.15. The fourth-order valence-corrected chi connectivity index (χ4v) is 0.387. The van der Waals surface area contributed by atoms with Crippen molar-refractivity contribution in [2.24, 2.45) is 5.41 Å². The molecule has 0 amide bonds. The van der Waals surface area contributed by atoms with Crippen LogP contribution in [0.4, 0.5) is 0 Å². The lowest BCUT2D eigenvalue weighted by atomic mass is 9.91. The van der Waals surface area contributed by atoms with E-state index in [1.54, 1.807) is 0 Å². The molecule has 0 N–H and O–H groups in total. The lowest BCUT2D eigenvalue weighted by Gasteiger charge is -2.08. The molecule has 0 aliphatic carbocycles. The van der Waals surface area contributed by atoms with Crippen LogP contribution in [-0.2, 0) is 0 Å². The Morgan fingerprint density at radius 3 is 1.44 bits per heavy atom. The van der Waals surface area contributed by atoms with Gasteiger partial charge >= 0.3 is 0 Å². The zero-order chi connectivity index (χ0) is 7.33. The average molecular weight is 119 g/mol. The summed E-state index contributed by atoms with van der Waals surface area (Å²) in [6.07, 6.45) is 4.52. The van der Waals surface area contributed by atoms with Crippen LogP contribution in [0.5, 0.6) is 0 Å². The highest BCUT2D eigenvalue weighted by molar-refractivity contribution is 5.27. The van der Waals surface area contributed by atoms with Crippen molar-refractivity contribution in [3.63, 3.8) is 0 Å². The Morgan fingerprint density at radius 2 is 1.44 bits per heavy atom. The lowest BCUT2D eigenvalue weighted by Crippen LogP contribution is -2.05. The molecule has 0 heterocycles. The molecule has 0 aliphatic heterocycles. The Labute approximate surface area is 55.6 Å². The van der Waals surface area contributed by atoms with E-state index in [1.165, 1.54) is 18.2 Å². The minimum Gasteiger partial charge on any atom is -0.197 e. The molecule has 0 atom stereocenters. The van der Waals surface area contributed by atoms with E-state index in [0.29, 0.717) is 0 Å². The summed E-state index contributed by atoms with van der Waals surface area (Å²) in [7, 11) is 0. The van der Waals surface area contributed by atoms with Gasteiger partial charge < -0.3 is 0 Å². The Bertz CT molecular complexity index is 150. The second-order valence-electron chi connectivity index (χ2n) is 1.66. The van der Waals surface area contributed by atoms with Gasteiger partial charge in [-0.15, -0.1) is 19.7 Å². The number of allylic oxidation sites excluding steroid dienone is 3. The number of hydrogen-bond acceptors (Lipinski definition) is 1. The van der Waals surface area contributed by atoms with Gasteiger partial charge in [0.05, 0.1) is 6.07 Å². The number of hydrogen-bond donors (Lipinski definition) is 0. The summed E-state index contributed by atoms with van der Waals surface area (Å²) in [5.74, 6) is 0. The van der Waals surface area contributed by atoms with E-state index < -0.39 is 5.41 Å². The third-order valence-corrected chi connectivity index (χ3v) is 1.21. The topological polar surface area (TPSA) is 23.8 Å². The molecule has 9 heavy (non-hydrogen) atoms. The van der Waals surface area contributed by atoms with Gasteiger partial charge in [-0.3, -0.25) is 0 Å². The fraction of sp³-hybridized carbons (Fsp3) is 0.125. The smallest absolute Gasteiger partial charge is 0.111 e. The number of nitriles is 1. The highest BCUT2D eigenvalue weighted by atomic mass is 14.3. The molecular formula is C8H9N. The van der Waals surface area contributed by atoms with E-state index in [2.05, 4.69) is 19.7 Å². The molecule has 0 bridgehead atoms. The van der Waals surface area contributed by atoms with E-state index in [4.69, 9.17) is 5.26 Å². The molecule has 0 radical (unpaired) electrons. The second-order valence-corrected chi connectivity index (χ2v) is 1.66. The van der Waals surface area contributed by atoms with Gasteiger partial charge in [-0.25, -0.2) is 0 Å². The van der Waals surface area contributed by atoms with Crippen molar-refractivity contribution in [3.05, 3.63) is 38.0 Å².